The normalized spacial score (nSPS) is 11.7. The lowest BCUT2D eigenvalue weighted by molar-refractivity contribution is -0.136. The molecular weight excluding hydrogens is 615 g/mol. The molecule has 0 saturated carbocycles. The summed E-state index contributed by atoms with van der Waals surface area (Å²) >= 11 is 9.69. The molecule has 0 aliphatic heterocycles. The number of nitrogens with zero attached hydrogens (tertiary/aromatic N) is 1. The van der Waals surface area contributed by atoms with E-state index in [1.165, 1.54) is 42.8 Å². The highest BCUT2D eigenvalue weighted by atomic mass is 79.9. The van der Waals surface area contributed by atoms with Crippen LogP contribution in [0.5, 0.6) is 5.75 Å². The number of alkyl halides is 3. The number of esters is 1. The van der Waals surface area contributed by atoms with Crippen molar-refractivity contribution in [3.8, 4) is 16.9 Å². The minimum absolute atomic E-state index is 0.0109. The number of halogens is 5. The van der Waals surface area contributed by atoms with Gasteiger partial charge in [0.2, 0.25) is 5.76 Å². The summed E-state index contributed by atoms with van der Waals surface area (Å²) in [6.07, 6.45) is -2.11. The SMILES string of the molecule is O=C(Oc1ccc(Br)cc1C=NNC(=O)c1[nH]c2c(C(F)(F)F)cccc2c1-c1ccccc1Cl)c1ccco1. The molecule has 0 radical (unpaired) electrons. The number of rotatable bonds is 6. The van der Waals surface area contributed by atoms with Crippen LogP contribution in [0.4, 0.5) is 13.2 Å². The van der Waals surface area contributed by atoms with Gasteiger partial charge in [0.15, 0.2) is 0 Å². The molecular formula is C28H16BrClF3N3O4. The molecule has 0 fully saturated rings. The fourth-order valence-corrected chi connectivity index (χ4v) is 4.65. The quantitative estimate of drug-likeness (QED) is 0.0865. The van der Waals surface area contributed by atoms with Crippen molar-refractivity contribution >= 4 is 56.5 Å². The van der Waals surface area contributed by atoms with Crippen LogP contribution < -0.4 is 10.2 Å². The molecule has 40 heavy (non-hydrogen) atoms. The van der Waals surface area contributed by atoms with Gasteiger partial charge in [-0.3, -0.25) is 4.79 Å². The number of fused-ring (bicyclic) bond motifs is 1. The number of aromatic nitrogens is 1. The van der Waals surface area contributed by atoms with E-state index in [0.717, 1.165) is 6.07 Å². The van der Waals surface area contributed by atoms with Crippen LogP contribution in [0.25, 0.3) is 22.0 Å². The summed E-state index contributed by atoms with van der Waals surface area (Å²) in [7, 11) is 0. The van der Waals surface area contributed by atoms with Crippen LogP contribution in [-0.2, 0) is 6.18 Å². The number of hydrogen-bond acceptors (Lipinski definition) is 5. The van der Waals surface area contributed by atoms with Crippen molar-refractivity contribution in [2.24, 2.45) is 5.10 Å². The van der Waals surface area contributed by atoms with Crippen LogP contribution in [0.15, 0.2) is 93.1 Å². The first-order chi connectivity index (χ1) is 19.1. The summed E-state index contributed by atoms with van der Waals surface area (Å²) in [5.74, 6) is -1.45. The van der Waals surface area contributed by atoms with Crippen molar-refractivity contribution < 1.29 is 31.9 Å². The number of nitrogens with one attached hydrogen (secondary N) is 2. The molecule has 0 unspecified atom stereocenters. The van der Waals surface area contributed by atoms with Gasteiger partial charge in [-0.2, -0.15) is 18.3 Å². The second kappa shape index (κ2) is 11.0. The second-order valence-electron chi connectivity index (χ2n) is 8.33. The molecule has 0 spiro atoms. The van der Waals surface area contributed by atoms with Gasteiger partial charge < -0.3 is 14.1 Å². The average Bonchev–Trinajstić information content (AvgIpc) is 3.58. The van der Waals surface area contributed by atoms with Crippen molar-refractivity contribution in [3.05, 3.63) is 111 Å². The third-order valence-corrected chi connectivity index (χ3v) is 6.60. The smallest absolute Gasteiger partial charge is 0.418 e. The molecule has 0 aliphatic carbocycles. The summed E-state index contributed by atoms with van der Waals surface area (Å²) < 4.78 is 52.4. The van der Waals surface area contributed by atoms with Crippen LogP contribution in [0.1, 0.15) is 32.2 Å². The number of H-pyrrole nitrogens is 1. The number of para-hydroxylation sites is 1. The van der Waals surface area contributed by atoms with Gasteiger partial charge in [0.05, 0.1) is 23.6 Å². The molecule has 5 aromatic rings. The molecule has 2 aromatic heterocycles. The van der Waals surface area contributed by atoms with Gasteiger partial charge in [0.25, 0.3) is 5.91 Å². The van der Waals surface area contributed by atoms with Gasteiger partial charge in [0, 0.05) is 31.6 Å². The molecule has 0 saturated heterocycles. The zero-order valence-electron chi connectivity index (χ0n) is 20.1. The number of ether oxygens (including phenoxy) is 1. The lowest BCUT2D eigenvalue weighted by Crippen LogP contribution is -2.19. The summed E-state index contributed by atoms with van der Waals surface area (Å²) in [6, 6.07) is 17.9. The van der Waals surface area contributed by atoms with Gasteiger partial charge in [0.1, 0.15) is 11.4 Å². The lowest BCUT2D eigenvalue weighted by Gasteiger charge is -2.08. The molecule has 0 bridgehead atoms. The molecule has 1 amide bonds. The Morgan fingerprint density at radius 1 is 1.05 bits per heavy atom. The van der Waals surface area contributed by atoms with E-state index in [2.05, 4.69) is 31.4 Å². The molecule has 3 aromatic carbocycles. The molecule has 12 heteroatoms. The Hall–Kier alpha value is -4.35. The van der Waals surface area contributed by atoms with Crippen LogP contribution in [-0.4, -0.2) is 23.1 Å². The molecule has 2 heterocycles. The van der Waals surface area contributed by atoms with Gasteiger partial charge in [-0.05, 0) is 42.5 Å². The fraction of sp³-hybridized carbons (Fsp3) is 0.0357. The number of carbonyl (C=O) groups excluding carboxylic acids is 2. The van der Waals surface area contributed by atoms with Crippen LogP contribution in [0.3, 0.4) is 0 Å². The highest BCUT2D eigenvalue weighted by Gasteiger charge is 2.35. The lowest BCUT2D eigenvalue weighted by atomic mass is 10.00. The monoisotopic (exact) mass is 629 g/mol. The van der Waals surface area contributed by atoms with E-state index < -0.39 is 23.6 Å². The van der Waals surface area contributed by atoms with E-state index in [4.69, 9.17) is 20.8 Å². The summed E-state index contributed by atoms with van der Waals surface area (Å²) in [5.41, 5.74) is 1.83. The Morgan fingerprint density at radius 3 is 2.58 bits per heavy atom. The van der Waals surface area contributed by atoms with Crippen LogP contribution in [0.2, 0.25) is 5.02 Å². The standard InChI is InChI=1S/C28H16BrClF3N3O4/c29-16-10-11-21(40-27(38)22-9-4-12-39-22)15(13-16)14-34-36-26(37)25-23(17-5-1-2-8-20(17)30)18-6-3-7-19(24(18)35-25)28(31,32)33/h1-14,35H,(H,36,37). The Kier molecular flexibility index (Phi) is 7.51. The summed E-state index contributed by atoms with van der Waals surface area (Å²) in [5, 5.41) is 4.36. The third kappa shape index (κ3) is 5.51. The molecule has 7 nitrogen and oxygen atoms in total. The third-order valence-electron chi connectivity index (χ3n) is 5.78. The van der Waals surface area contributed by atoms with Crippen molar-refractivity contribution in [1.82, 2.24) is 10.4 Å². The van der Waals surface area contributed by atoms with Gasteiger partial charge in [-0.15, -0.1) is 0 Å². The number of carbonyl (C=O) groups is 2. The van der Waals surface area contributed by atoms with E-state index in [1.807, 2.05) is 0 Å². The highest BCUT2D eigenvalue weighted by molar-refractivity contribution is 9.10. The predicted molar refractivity (Wildman–Crippen MR) is 147 cm³/mol. The van der Waals surface area contributed by atoms with Crippen LogP contribution >= 0.6 is 27.5 Å². The largest absolute Gasteiger partial charge is 0.457 e. The fourth-order valence-electron chi connectivity index (χ4n) is 4.04. The number of hydrazone groups is 1. The molecule has 2 N–H and O–H groups in total. The number of benzene rings is 3. The molecule has 202 valence electrons. The Labute approximate surface area is 237 Å². The minimum Gasteiger partial charge on any atom is -0.457 e. The molecule has 0 aliphatic rings. The minimum atomic E-state index is -4.67. The van der Waals surface area contributed by atoms with Crippen molar-refractivity contribution in [3.63, 3.8) is 0 Å². The maximum Gasteiger partial charge on any atom is 0.418 e. The number of aromatic amines is 1. The van der Waals surface area contributed by atoms with E-state index in [0.29, 0.717) is 15.6 Å². The van der Waals surface area contributed by atoms with Crippen LogP contribution in [0, 0.1) is 0 Å². The summed E-state index contributed by atoms with van der Waals surface area (Å²) in [4.78, 5) is 28.2. The van der Waals surface area contributed by atoms with Crippen molar-refractivity contribution in [2.75, 3.05) is 0 Å². The maximum absolute atomic E-state index is 13.8. The topological polar surface area (TPSA) is 96.7 Å². The zero-order valence-corrected chi connectivity index (χ0v) is 22.4. The average molecular weight is 631 g/mol. The number of hydrogen-bond donors (Lipinski definition) is 2. The number of amides is 1. The maximum atomic E-state index is 13.8. The Balaban J connectivity index is 1.50. The van der Waals surface area contributed by atoms with E-state index >= 15 is 0 Å². The van der Waals surface area contributed by atoms with E-state index in [9.17, 15) is 22.8 Å². The highest BCUT2D eigenvalue weighted by Crippen LogP contribution is 2.41. The van der Waals surface area contributed by atoms with Gasteiger partial charge >= 0.3 is 12.1 Å². The first-order valence-corrected chi connectivity index (χ1v) is 12.7. The first-order valence-electron chi connectivity index (χ1n) is 11.5. The van der Waals surface area contributed by atoms with Crippen molar-refractivity contribution in [1.29, 1.82) is 0 Å². The Morgan fingerprint density at radius 2 is 1.85 bits per heavy atom. The Bertz CT molecular complexity index is 1760. The van der Waals surface area contributed by atoms with E-state index in [1.54, 1.807) is 36.4 Å². The molecule has 5 rings (SSSR count). The van der Waals surface area contributed by atoms with Crippen molar-refractivity contribution in [2.45, 2.75) is 6.18 Å². The summed E-state index contributed by atoms with van der Waals surface area (Å²) in [6.45, 7) is 0. The van der Waals surface area contributed by atoms with Gasteiger partial charge in [-0.1, -0.05) is 57.9 Å². The van der Waals surface area contributed by atoms with E-state index in [-0.39, 0.29) is 38.7 Å². The first kappa shape index (κ1) is 27.2. The molecule has 0 atom stereocenters. The predicted octanol–water partition coefficient (Wildman–Crippen LogP) is 7.85. The second-order valence-corrected chi connectivity index (χ2v) is 9.65. The zero-order chi connectivity index (χ0) is 28.4. The number of furan rings is 1. The van der Waals surface area contributed by atoms with Gasteiger partial charge in [-0.25, -0.2) is 10.2 Å².